The first kappa shape index (κ1) is 6.53. The van der Waals surface area contributed by atoms with Crippen LogP contribution in [0.4, 0.5) is 0 Å². The van der Waals surface area contributed by atoms with Gasteiger partial charge in [-0.05, 0) is 13.3 Å². The molecular weight excluding hydrogens is 110 g/mol. The van der Waals surface area contributed by atoms with E-state index in [2.05, 4.69) is 19.9 Å². The van der Waals surface area contributed by atoms with E-state index in [1.165, 1.54) is 5.57 Å². The highest BCUT2D eigenvalue weighted by atomic mass is 14.5. The van der Waals surface area contributed by atoms with Gasteiger partial charge in [0.15, 0.2) is 0 Å². The highest BCUT2D eigenvalue weighted by Crippen LogP contribution is 2.29. The number of hydrogen-bond donors (Lipinski definition) is 1. The minimum absolute atomic E-state index is 0.463. The first-order chi connectivity index (χ1) is 4.25. The Balaban J connectivity index is 2.22. The highest BCUT2D eigenvalue weighted by molar-refractivity contribution is 5.91. The van der Waals surface area contributed by atoms with E-state index in [0.717, 1.165) is 18.6 Å². The van der Waals surface area contributed by atoms with Crippen molar-refractivity contribution in [1.82, 2.24) is 0 Å². The summed E-state index contributed by atoms with van der Waals surface area (Å²) in [6, 6.07) is 0. The van der Waals surface area contributed by atoms with E-state index >= 15 is 0 Å². The molecule has 0 aromatic rings. The standard InChI is InChI=1S/C8H13N/c1-3-4-8(9)7-5-6(7)2/h5,7,9H,3-4H2,1-2H3. The molecule has 1 rings (SSSR count). The fourth-order valence-electron chi connectivity index (χ4n) is 1.02. The van der Waals surface area contributed by atoms with Gasteiger partial charge in [0, 0.05) is 11.6 Å². The topological polar surface area (TPSA) is 23.9 Å². The zero-order chi connectivity index (χ0) is 6.85. The Kier molecular flexibility index (Phi) is 1.70. The van der Waals surface area contributed by atoms with Crippen LogP contribution in [0.15, 0.2) is 11.6 Å². The van der Waals surface area contributed by atoms with Crippen molar-refractivity contribution in [3.63, 3.8) is 0 Å². The smallest absolute Gasteiger partial charge is 0.0356 e. The molecule has 1 nitrogen and oxygen atoms in total. The Morgan fingerprint density at radius 1 is 1.78 bits per heavy atom. The summed E-state index contributed by atoms with van der Waals surface area (Å²) in [5, 5.41) is 7.48. The third-order valence-electron chi connectivity index (χ3n) is 1.71. The minimum Gasteiger partial charge on any atom is -0.309 e. The largest absolute Gasteiger partial charge is 0.309 e. The van der Waals surface area contributed by atoms with Crippen molar-refractivity contribution in [2.24, 2.45) is 5.92 Å². The molecule has 0 saturated carbocycles. The van der Waals surface area contributed by atoms with E-state index in [4.69, 9.17) is 5.41 Å². The molecule has 1 unspecified atom stereocenters. The molecule has 1 aliphatic rings. The Morgan fingerprint density at radius 3 is 2.67 bits per heavy atom. The van der Waals surface area contributed by atoms with E-state index in [9.17, 15) is 0 Å². The van der Waals surface area contributed by atoms with Crippen LogP contribution in [0.3, 0.4) is 0 Å². The van der Waals surface area contributed by atoms with Crippen LogP contribution in [0.1, 0.15) is 26.7 Å². The summed E-state index contributed by atoms with van der Waals surface area (Å²) in [7, 11) is 0. The van der Waals surface area contributed by atoms with Gasteiger partial charge in [0.05, 0.1) is 0 Å². The van der Waals surface area contributed by atoms with Crippen LogP contribution >= 0.6 is 0 Å². The molecule has 1 aliphatic carbocycles. The van der Waals surface area contributed by atoms with Gasteiger partial charge in [-0.1, -0.05) is 25.0 Å². The maximum atomic E-state index is 7.48. The molecule has 0 saturated heterocycles. The maximum absolute atomic E-state index is 7.48. The Hall–Kier alpha value is -0.590. The van der Waals surface area contributed by atoms with E-state index in [1.807, 2.05) is 0 Å². The van der Waals surface area contributed by atoms with Crippen molar-refractivity contribution in [1.29, 1.82) is 5.41 Å². The Morgan fingerprint density at radius 2 is 2.33 bits per heavy atom. The van der Waals surface area contributed by atoms with Crippen LogP contribution in [-0.4, -0.2) is 5.71 Å². The van der Waals surface area contributed by atoms with Gasteiger partial charge >= 0.3 is 0 Å². The molecule has 0 aliphatic heterocycles. The maximum Gasteiger partial charge on any atom is 0.0356 e. The quantitative estimate of drug-likeness (QED) is 0.440. The van der Waals surface area contributed by atoms with E-state index in [1.54, 1.807) is 0 Å². The molecule has 0 aromatic heterocycles. The first-order valence-electron chi connectivity index (χ1n) is 3.51. The van der Waals surface area contributed by atoms with Gasteiger partial charge in [-0.25, -0.2) is 0 Å². The third-order valence-corrected chi connectivity index (χ3v) is 1.71. The van der Waals surface area contributed by atoms with Gasteiger partial charge in [-0.3, -0.25) is 0 Å². The van der Waals surface area contributed by atoms with Crippen molar-refractivity contribution in [2.75, 3.05) is 0 Å². The second-order valence-electron chi connectivity index (χ2n) is 2.66. The molecule has 0 fully saturated rings. The molecule has 1 heteroatoms. The highest BCUT2D eigenvalue weighted by Gasteiger charge is 2.23. The fraction of sp³-hybridized carbons (Fsp3) is 0.625. The first-order valence-corrected chi connectivity index (χ1v) is 3.51. The van der Waals surface area contributed by atoms with Gasteiger partial charge in [-0.15, -0.1) is 0 Å². The number of hydrogen-bond acceptors (Lipinski definition) is 1. The van der Waals surface area contributed by atoms with Gasteiger partial charge in [-0.2, -0.15) is 0 Å². The summed E-state index contributed by atoms with van der Waals surface area (Å²) in [6.45, 7) is 4.21. The molecule has 0 radical (unpaired) electrons. The summed E-state index contributed by atoms with van der Waals surface area (Å²) in [5.41, 5.74) is 2.28. The molecule has 1 atom stereocenters. The van der Waals surface area contributed by atoms with Gasteiger partial charge < -0.3 is 5.41 Å². The predicted molar refractivity (Wildman–Crippen MR) is 39.9 cm³/mol. The number of nitrogens with one attached hydrogen (secondary N) is 1. The van der Waals surface area contributed by atoms with E-state index in [0.29, 0.717) is 5.92 Å². The lowest BCUT2D eigenvalue weighted by Crippen LogP contribution is -1.99. The summed E-state index contributed by atoms with van der Waals surface area (Å²) in [6.07, 6.45) is 4.23. The molecule has 0 bridgehead atoms. The lowest BCUT2D eigenvalue weighted by atomic mass is 10.1. The van der Waals surface area contributed by atoms with Crippen LogP contribution < -0.4 is 0 Å². The van der Waals surface area contributed by atoms with Crippen molar-refractivity contribution >= 4 is 5.71 Å². The van der Waals surface area contributed by atoms with Gasteiger partial charge in [0.2, 0.25) is 0 Å². The van der Waals surface area contributed by atoms with Crippen molar-refractivity contribution in [3.8, 4) is 0 Å². The fourth-order valence-corrected chi connectivity index (χ4v) is 1.02. The average Bonchev–Trinajstić information content (AvgIpc) is 2.47. The lowest BCUT2D eigenvalue weighted by Gasteiger charge is -1.97. The van der Waals surface area contributed by atoms with E-state index in [-0.39, 0.29) is 0 Å². The average molecular weight is 123 g/mol. The van der Waals surface area contributed by atoms with Crippen molar-refractivity contribution in [3.05, 3.63) is 11.6 Å². The SMILES string of the molecule is CCCC(=N)C1C=C1C. The Labute approximate surface area is 56.3 Å². The molecule has 0 aromatic carbocycles. The summed E-state index contributed by atoms with van der Waals surface area (Å²) < 4.78 is 0. The molecule has 1 N–H and O–H groups in total. The molecular formula is C8H13N. The summed E-state index contributed by atoms with van der Waals surface area (Å²) in [4.78, 5) is 0. The summed E-state index contributed by atoms with van der Waals surface area (Å²) in [5.74, 6) is 0.463. The van der Waals surface area contributed by atoms with Crippen LogP contribution in [0.5, 0.6) is 0 Å². The molecule has 0 heterocycles. The van der Waals surface area contributed by atoms with E-state index < -0.39 is 0 Å². The molecule has 50 valence electrons. The zero-order valence-corrected chi connectivity index (χ0v) is 6.07. The lowest BCUT2D eigenvalue weighted by molar-refractivity contribution is 0.949. The second kappa shape index (κ2) is 2.34. The second-order valence-corrected chi connectivity index (χ2v) is 2.66. The molecule has 9 heavy (non-hydrogen) atoms. The predicted octanol–water partition coefficient (Wildman–Crippen LogP) is 2.38. The normalized spacial score (nSPS) is 23.3. The van der Waals surface area contributed by atoms with Crippen LogP contribution in [0.2, 0.25) is 0 Å². The minimum atomic E-state index is 0.463. The van der Waals surface area contributed by atoms with Gasteiger partial charge in [0.25, 0.3) is 0 Å². The van der Waals surface area contributed by atoms with Crippen molar-refractivity contribution in [2.45, 2.75) is 26.7 Å². The van der Waals surface area contributed by atoms with Crippen LogP contribution in [0, 0.1) is 11.3 Å². The monoisotopic (exact) mass is 123 g/mol. The van der Waals surface area contributed by atoms with Crippen LogP contribution in [-0.2, 0) is 0 Å². The molecule has 0 amide bonds. The van der Waals surface area contributed by atoms with Crippen molar-refractivity contribution < 1.29 is 0 Å². The van der Waals surface area contributed by atoms with Gasteiger partial charge in [0.1, 0.15) is 0 Å². The number of rotatable bonds is 3. The third kappa shape index (κ3) is 1.41. The molecule has 0 spiro atoms. The zero-order valence-electron chi connectivity index (χ0n) is 6.07. The summed E-state index contributed by atoms with van der Waals surface area (Å²) >= 11 is 0. The van der Waals surface area contributed by atoms with Crippen LogP contribution in [0.25, 0.3) is 0 Å². The Bertz CT molecular complexity index is 156. The number of allylic oxidation sites excluding steroid dienone is 2.